The minimum absolute atomic E-state index is 0. The van der Waals surface area contributed by atoms with E-state index in [0.29, 0.717) is 5.41 Å². The standard InChI is InChI=1S/C15H19BrN2O.ClH/c1-11-12(3-2-4-13(11)16)14(19)18-8-6-15(10-18)5-7-17-9-15;/h2-4,17H,5-10H2,1H3;1H. The van der Waals surface area contributed by atoms with Crippen LogP contribution in [0.4, 0.5) is 0 Å². The lowest BCUT2D eigenvalue weighted by molar-refractivity contribution is 0.0775. The maximum Gasteiger partial charge on any atom is 0.254 e. The van der Waals surface area contributed by atoms with E-state index in [1.54, 1.807) is 0 Å². The van der Waals surface area contributed by atoms with Crippen LogP contribution < -0.4 is 5.32 Å². The molecule has 5 heteroatoms. The van der Waals surface area contributed by atoms with Crippen molar-refractivity contribution >= 4 is 34.2 Å². The van der Waals surface area contributed by atoms with E-state index < -0.39 is 0 Å². The van der Waals surface area contributed by atoms with Gasteiger partial charge in [-0.1, -0.05) is 22.0 Å². The summed E-state index contributed by atoms with van der Waals surface area (Å²) in [4.78, 5) is 14.7. The van der Waals surface area contributed by atoms with Crippen LogP contribution in [0.25, 0.3) is 0 Å². The molecular weight excluding hydrogens is 340 g/mol. The van der Waals surface area contributed by atoms with Gasteiger partial charge in [0, 0.05) is 35.1 Å². The Bertz CT molecular complexity index is 515. The van der Waals surface area contributed by atoms with Gasteiger partial charge in [-0.25, -0.2) is 0 Å². The number of likely N-dealkylation sites (tertiary alicyclic amines) is 1. The summed E-state index contributed by atoms with van der Waals surface area (Å²) >= 11 is 3.50. The molecule has 0 saturated carbocycles. The molecule has 0 aromatic heterocycles. The van der Waals surface area contributed by atoms with Gasteiger partial charge >= 0.3 is 0 Å². The summed E-state index contributed by atoms with van der Waals surface area (Å²) in [6.45, 7) is 5.96. The van der Waals surface area contributed by atoms with Crippen LogP contribution in [0, 0.1) is 12.3 Å². The normalized spacial score (nSPS) is 25.0. The Kier molecular flexibility index (Phi) is 4.77. The molecule has 20 heavy (non-hydrogen) atoms. The van der Waals surface area contributed by atoms with Crippen molar-refractivity contribution in [1.29, 1.82) is 0 Å². The van der Waals surface area contributed by atoms with E-state index in [1.165, 1.54) is 6.42 Å². The molecule has 0 aliphatic carbocycles. The smallest absolute Gasteiger partial charge is 0.254 e. The molecule has 1 N–H and O–H groups in total. The lowest BCUT2D eigenvalue weighted by Crippen LogP contribution is -2.33. The predicted molar refractivity (Wildman–Crippen MR) is 86.6 cm³/mol. The second kappa shape index (κ2) is 6.04. The van der Waals surface area contributed by atoms with Gasteiger partial charge in [-0.05, 0) is 44.0 Å². The quantitative estimate of drug-likeness (QED) is 0.836. The molecule has 110 valence electrons. The van der Waals surface area contributed by atoms with Crippen molar-refractivity contribution < 1.29 is 4.79 Å². The van der Waals surface area contributed by atoms with E-state index >= 15 is 0 Å². The maximum absolute atomic E-state index is 12.6. The summed E-state index contributed by atoms with van der Waals surface area (Å²) in [6, 6.07) is 5.85. The van der Waals surface area contributed by atoms with E-state index in [1.807, 2.05) is 30.0 Å². The van der Waals surface area contributed by atoms with Gasteiger partial charge in [0.15, 0.2) is 0 Å². The Hall–Kier alpha value is -0.580. The Balaban J connectivity index is 0.00000147. The molecule has 1 amide bonds. The molecule has 2 saturated heterocycles. The van der Waals surface area contributed by atoms with Gasteiger partial charge < -0.3 is 10.2 Å². The maximum atomic E-state index is 12.6. The zero-order valence-corrected chi connectivity index (χ0v) is 14.0. The van der Waals surface area contributed by atoms with Crippen molar-refractivity contribution in [3.63, 3.8) is 0 Å². The monoisotopic (exact) mass is 358 g/mol. The summed E-state index contributed by atoms with van der Waals surface area (Å²) in [6.07, 6.45) is 2.34. The van der Waals surface area contributed by atoms with Gasteiger partial charge in [-0.3, -0.25) is 4.79 Å². The molecule has 0 radical (unpaired) electrons. The van der Waals surface area contributed by atoms with Crippen LogP contribution in [0.3, 0.4) is 0 Å². The van der Waals surface area contributed by atoms with Crippen molar-refractivity contribution in [3.8, 4) is 0 Å². The Labute approximate surface area is 134 Å². The highest BCUT2D eigenvalue weighted by molar-refractivity contribution is 9.10. The number of rotatable bonds is 1. The van der Waals surface area contributed by atoms with Crippen LogP contribution >= 0.6 is 28.3 Å². The van der Waals surface area contributed by atoms with Crippen molar-refractivity contribution in [2.45, 2.75) is 19.8 Å². The van der Waals surface area contributed by atoms with Crippen molar-refractivity contribution in [3.05, 3.63) is 33.8 Å². The molecule has 2 aliphatic rings. The zero-order valence-electron chi connectivity index (χ0n) is 11.6. The minimum Gasteiger partial charge on any atom is -0.338 e. The Morgan fingerprint density at radius 1 is 1.40 bits per heavy atom. The number of halogens is 2. The lowest BCUT2D eigenvalue weighted by Gasteiger charge is -2.23. The van der Waals surface area contributed by atoms with Crippen LogP contribution in [0.5, 0.6) is 0 Å². The van der Waals surface area contributed by atoms with Gasteiger partial charge in [-0.2, -0.15) is 0 Å². The number of carbonyl (C=O) groups excluding carboxylic acids is 1. The molecular formula is C15H20BrClN2O. The van der Waals surface area contributed by atoms with Crippen LogP contribution in [-0.4, -0.2) is 37.0 Å². The van der Waals surface area contributed by atoms with E-state index in [9.17, 15) is 4.79 Å². The van der Waals surface area contributed by atoms with E-state index in [0.717, 1.165) is 48.2 Å². The summed E-state index contributed by atoms with van der Waals surface area (Å²) in [5.74, 6) is 0.183. The highest BCUT2D eigenvalue weighted by atomic mass is 79.9. The fourth-order valence-electron chi connectivity index (χ4n) is 3.26. The first-order chi connectivity index (χ1) is 9.11. The lowest BCUT2D eigenvalue weighted by atomic mass is 9.86. The zero-order chi connectivity index (χ0) is 13.5. The molecule has 2 fully saturated rings. The Morgan fingerprint density at radius 2 is 2.20 bits per heavy atom. The van der Waals surface area contributed by atoms with Gasteiger partial charge in [0.05, 0.1) is 0 Å². The first kappa shape index (κ1) is 15.8. The molecule has 1 aromatic rings. The third-order valence-corrected chi connectivity index (χ3v) is 5.41. The molecule has 1 aromatic carbocycles. The van der Waals surface area contributed by atoms with E-state index in [4.69, 9.17) is 0 Å². The summed E-state index contributed by atoms with van der Waals surface area (Å²) in [5.41, 5.74) is 2.21. The summed E-state index contributed by atoms with van der Waals surface area (Å²) in [5, 5.41) is 3.43. The molecule has 0 bridgehead atoms. The molecule has 1 spiro atoms. The fraction of sp³-hybridized carbons (Fsp3) is 0.533. The molecule has 3 rings (SSSR count). The Morgan fingerprint density at radius 3 is 2.90 bits per heavy atom. The molecule has 2 heterocycles. The third kappa shape index (κ3) is 2.74. The fourth-order valence-corrected chi connectivity index (χ4v) is 3.63. The number of hydrogen-bond donors (Lipinski definition) is 1. The van der Waals surface area contributed by atoms with Gasteiger partial charge in [0.1, 0.15) is 0 Å². The molecule has 2 aliphatic heterocycles. The average Bonchev–Trinajstić information content (AvgIpc) is 3.03. The SMILES string of the molecule is Cc1c(Br)cccc1C(=O)N1CCC2(CCNC2)C1.Cl. The highest BCUT2D eigenvalue weighted by Crippen LogP contribution is 2.36. The van der Waals surface area contributed by atoms with Crippen molar-refractivity contribution in [2.75, 3.05) is 26.2 Å². The van der Waals surface area contributed by atoms with Crippen molar-refractivity contribution in [1.82, 2.24) is 10.2 Å². The minimum atomic E-state index is 0. The van der Waals surface area contributed by atoms with E-state index in [2.05, 4.69) is 21.2 Å². The largest absolute Gasteiger partial charge is 0.338 e. The summed E-state index contributed by atoms with van der Waals surface area (Å²) < 4.78 is 1.01. The number of amides is 1. The number of nitrogens with one attached hydrogen (secondary N) is 1. The van der Waals surface area contributed by atoms with E-state index in [-0.39, 0.29) is 18.3 Å². The van der Waals surface area contributed by atoms with Gasteiger partial charge in [0.25, 0.3) is 5.91 Å². The average molecular weight is 360 g/mol. The first-order valence-corrected chi connectivity index (χ1v) is 7.66. The highest BCUT2D eigenvalue weighted by Gasteiger charge is 2.42. The van der Waals surface area contributed by atoms with Gasteiger partial charge in [-0.15, -0.1) is 12.4 Å². The van der Waals surface area contributed by atoms with Crippen molar-refractivity contribution in [2.24, 2.45) is 5.41 Å². The second-order valence-corrected chi connectivity index (χ2v) is 6.67. The van der Waals surface area contributed by atoms with Crippen LogP contribution in [0.1, 0.15) is 28.8 Å². The van der Waals surface area contributed by atoms with Gasteiger partial charge in [0.2, 0.25) is 0 Å². The topological polar surface area (TPSA) is 32.3 Å². The predicted octanol–water partition coefficient (Wildman–Crippen LogP) is 3.00. The first-order valence-electron chi connectivity index (χ1n) is 6.86. The number of hydrogen-bond acceptors (Lipinski definition) is 2. The molecule has 1 atom stereocenters. The molecule has 3 nitrogen and oxygen atoms in total. The number of benzene rings is 1. The molecule has 1 unspecified atom stereocenters. The number of carbonyl (C=O) groups is 1. The third-order valence-electron chi connectivity index (χ3n) is 4.56. The van der Waals surface area contributed by atoms with Crippen LogP contribution in [-0.2, 0) is 0 Å². The summed E-state index contributed by atoms with van der Waals surface area (Å²) in [7, 11) is 0. The van der Waals surface area contributed by atoms with Crippen LogP contribution in [0.2, 0.25) is 0 Å². The number of nitrogens with zero attached hydrogens (tertiary/aromatic N) is 1. The second-order valence-electron chi connectivity index (χ2n) is 5.82. The van der Waals surface area contributed by atoms with Crippen LogP contribution in [0.15, 0.2) is 22.7 Å².